The van der Waals surface area contributed by atoms with Crippen LogP contribution in [-0.4, -0.2) is 29.6 Å². The van der Waals surface area contributed by atoms with E-state index in [9.17, 15) is 23.2 Å². The second-order valence-electron chi connectivity index (χ2n) is 3.80. The van der Waals surface area contributed by atoms with Crippen LogP contribution >= 0.6 is 11.8 Å². The van der Waals surface area contributed by atoms with Crippen LogP contribution in [0.25, 0.3) is 0 Å². The highest BCUT2D eigenvalue weighted by Crippen LogP contribution is 2.40. The van der Waals surface area contributed by atoms with E-state index in [1.807, 2.05) is 5.32 Å². The largest absolute Gasteiger partial charge is 0.461 e. The number of esters is 1. The maximum Gasteiger partial charge on any atom is 0.393 e. The van der Waals surface area contributed by atoms with E-state index in [0.29, 0.717) is 0 Å². The maximum atomic E-state index is 13.7. The molecule has 5 nitrogen and oxygen atoms in total. The molecule has 1 aliphatic rings. The minimum absolute atomic E-state index is 0.0136. The molecule has 0 saturated carbocycles. The third-order valence-electron chi connectivity index (χ3n) is 2.48. The van der Waals surface area contributed by atoms with Crippen molar-refractivity contribution in [2.24, 2.45) is 0 Å². The molecular weight excluding hydrogens is 292 g/mol. The Morgan fingerprint density at radius 1 is 1.35 bits per heavy atom. The highest BCUT2D eigenvalue weighted by molar-refractivity contribution is 8.01. The second kappa shape index (κ2) is 5.20. The Balaban J connectivity index is 2.34. The lowest BCUT2D eigenvalue weighted by Crippen LogP contribution is -2.27. The normalized spacial score (nSPS) is 13.9. The van der Waals surface area contributed by atoms with E-state index in [-0.39, 0.29) is 34.4 Å². The summed E-state index contributed by atoms with van der Waals surface area (Å²) in [5, 5.41) is -1.83. The molecule has 0 fully saturated rings. The minimum Gasteiger partial charge on any atom is -0.461 e. The van der Waals surface area contributed by atoms with Gasteiger partial charge in [0.15, 0.2) is 0 Å². The maximum absolute atomic E-state index is 13.7. The van der Waals surface area contributed by atoms with Gasteiger partial charge in [0.2, 0.25) is 0 Å². The summed E-state index contributed by atoms with van der Waals surface area (Å²) >= 11 is -0.116. The Morgan fingerprint density at radius 2 is 2.05 bits per heavy atom. The summed E-state index contributed by atoms with van der Waals surface area (Å²) in [5.41, 5.74) is -0.133. The molecule has 0 spiro atoms. The topological polar surface area (TPSA) is 72.5 Å². The number of hydrogen-bond donors (Lipinski definition) is 1. The summed E-state index contributed by atoms with van der Waals surface area (Å²) in [7, 11) is 0. The first kappa shape index (κ1) is 14.4. The molecule has 0 saturated heterocycles. The molecular formula is C12H9F2NO4S. The molecule has 0 aliphatic carbocycles. The fourth-order valence-electron chi connectivity index (χ4n) is 1.67. The van der Waals surface area contributed by atoms with Crippen molar-refractivity contribution in [3.05, 3.63) is 29.3 Å². The molecule has 2 rings (SSSR count). The van der Waals surface area contributed by atoms with Crippen molar-refractivity contribution < 1.29 is 27.9 Å². The van der Waals surface area contributed by atoms with Crippen molar-refractivity contribution in [1.82, 2.24) is 5.32 Å². The third-order valence-corrected chi connectivity index (χ3v) is 3.46. The molecule has 2 amide bonds. The molecule has 106 valence electrons. The van der Waals surface area contributed by atoms with E-state index < -0.39 is 23.0 Å². The molecule has 0 aromatic heterocycles. The first-order chi connectivity index (χ1) is 9.36. The fourth-order valence-corrected chi connectivity index (χ4v) is 2.54. The lowest BCUT2D eigenvalue weighted by atomic mass is 10.1. The smallest absolute Gasteiger partial charge is 0.393 e. The quantitative estimate of drug-likeness (QED) is 0.522. The highest BCUT2D eigenvalue weighted by Gasteiger charge is 2.44. The van der Waals surface area contributed by atoms with Crippen LogP contribution in [0.3, 0.4) is 0 Å². The van der Waals surface area contributed by atoms with Gasteiger partial charge in [-0.2, -0.15) is 8.78 Å². The molecule has 0 radical (unpaired) electrons. The van der Waals surface area contributed by atoms with E-state index in [1.165, 1.54) is 25.1 Å². The van der Waals surface area contributed by atoms with Crippen LogP contribution in [0.15, 0.2) is 23.1 Å². The molecule has 1 N–H and O–H groups in total. The van der Waals surface area contributed by atoms with Crippen molar-refractivity contribution in [3.8, 4) is 0 Å². The Morgan fingerprint density at radius 3 is 2.70 bits per heavy atom. The zero-order chi connectivity index (χ0) is 14.9. The number of rotatable bonds is 4. The average molecular weight is 301 g/mol. The SMILES string of the molecule is CCOC(=O)C(F)(F)Sc1cccc2c1C(=O)NC2=O. The zero-order valence-electron chi connectivity index (χ0n) is 10.2. The highest BCUT2D eigenvalue weighted by atomic mass is 32.2. The first-order valence-corrected chi connectivity index (χ1v) is 6.41. The monoisotopic (exact) mass is 301 g/mol. The second-order valence-corrected chi connectivity index (χ2v) is 4.96. The molecule has 0 unspecified atom stereocenters. The summed E-state index contributed by atoms with van der Waals surface area (Å²) in [6, 6.07) is 3.96. The zero-order valence-corrected chi connectivity index (χ0v) is 11.1. The van der Waals surface area contributed by atoms with E-state index in [4.69, 9.17) is 0 Å². The van der Waals surface area contributed by atoms with Gasteiger partial charge in [-0.25, -0.2) is 4.79 Å². The molecule has 0 bridgehead atoms. The standard InChI is InChI=1S/C12H9F2NO4S/c1-2-19-11(18)12(13,14)20-7-5-3-4-6-8(7)10(17)15-9(6)16/h3-5H,2H2,1H3,(H,15,16,17). The molecule has 20 heavy (non-hydrogen) atoms. The van der Waals surface area contributed by atoms with Crippen LogP contribution in [0.2, 0.25) is 0 Å². The van der Waals surface area contributed by atoms with E-state index in [0.717, 1.165) is 0 Å². The number of carbonyl (C=O) groups excluding carboxylic acids is 3. The van der Waals surface area contributed by atoms with Crippen molar-refractivity contribution in [2.45, 2.75) is 17.1 Å². The van der Waals surface area contributed by atoms with Gasteiger partial charge >= 0.3 is 11.2 Å². The van der Waals surface area contributed by atoms with Crippen LogP contribution in [0, 0.1) is 0 Å². The van der Waals surface area contributed by atoms with Gasteiger partial charge in [0.1, 0.15) is 0 Å². The number of ether oxygens (including phenoxy) is 1. The van der Waals surface area contributed by atoms with Gasteiger partial charge in [-0.1, -0.05) is 6.07 Å². The number of alkyl halides is 2. The lowest BCUT2D eigenvalue weighted by molar-refractivity contribution is -0.159. The van der Waals surface area contributed by atoms with Crippen molar-refractivity contribution in [1.29, 1.82) is 0 Å². The average Bonchev–Trinajstić information content (AvgIpc) is 2.66. The number of halogens is 2. The summed E-state index contributed by atoms with van der Waals surface area (Å²) < 4.78 is 31.6. The van der Waals surface area contributed by atoms with Gasteiger partial charge in [-0.15, -0.1) is 0 Å². The lowest BCUT2D eigenvalue weighted by Gasteiger charge is -2.14. The van der Waals surface area contributed by atoms with Crippen molar-refractivity contribution in [2.75, 3.05) is 6.61 Å². The molecule has 1 aliphatic heterocycles. The van der Waals surface area contributed by atoms with Gasteiger partial charge in [0, 0.05) is 4.90 Å². The summed E-state index contributed by atoms with van der Waals surface area (Å²) in [6.45, 7) is 1.23. The number of carbonyl (C=O) groups is 3. The number of imide groups is 1. The van der Waals surface area contributed by atoms with Gasteiger partial charge < -0.3 is 4.74 Å². The number of fused-ring (bicyclic) bond motifs is 1. The molecule has 0 atom stereocenters. The number of thioether (sulfide) groups is 1. The van der Waals surface area contributed by atoms with Crippen LogP contribution in [-0.2, 0) is 9.53 Å². The fraction of sp³-hybridized carbons (Fsp3) is 0.250. The summed E-state index contributed by atoms with van der Waals surface area (Å²) in [4.78, 5) is 34.0. The molecule has 1 aromatic carbocycles. The third kappa shape index (κ3) is 2.51. The Kier molecular flexibility index (Phi) is 3.76. The minimum atomic E-state index is -3.84. The van der Waals surface area contributed by atoms with Gasteiger partial charge in [-0.05, 0) is 30.8 Å². The Labute approximate surface area is 116 Å². The van der Waals surface area contributed by atoms with Gasteiger partial charge in [0.25, 0.3) is 11.8 Å². The van der Waals surface area contributed by atoms with Crippen LogP contribution < -0.4 is 5.32 Å². The van der Waals surface area contributed by atoms with Crippen molar-refractivity contribution in [3.63, 3.8) is 0 Å². The van der Waals surface area contributed by atoms with E-state index in [2.05, 4.69) is 4.74 Å². The van der Waals surface area contributed by atoms with E-state index >= 15 is 0 Å². The molecule has 8 heteroatoms. The predicted molar refractivity (Wildman–Crippen MR) is 65.7 cm³/mol. The predicted octanol–water partition coefficient (Wildman–Crippen LogP) is 1.82. The van der Waals surface area contributed by atoms with Gasteiger partial charge in [0.05, 0.1) is 17.7 Å². The van der Waals surface area contributed by atoms with Crippen LogP contribution in [0.5, 0.6) is 0 Å². The van der Waals surface area contributed by atoms with E-state index in [1.54, 1.807) is 0 Å². The van der Waals surface area contributed by atoms with Gasteiger partial charge in [-0.3, -0.25) is 14.9 Å². The number of nitrogens with one attached hydrogen (secondary N) is 1. The van der Waals surface area contributed by atoms with Crippen molar-refractivity contribution >= 4 is 29.5 Å². The van der Waals surface area contributed by atoms with Crippen LogP contribution in [0.1, 0.15) is 27.6 Å². The molecule has 1 heterocycles. The number of hydrogen-bond acceptors (Lipinski definition) is 5. The first-order valence-electron chi connectivity index (χ1n) is 5.59. The summed E-state index contributed by atoms with van der Waals surface area (Å²) in [6.07, 6.45) is 0. The summed E-state index contributed by atoms with van der Waals surface area (Å²) in [5.74, 6) is -3.09. The Hall–Kier alpha value is -1.96. The Bertz CT molecular complexity index is 603. The van der Waals surface area contributed by atoms with Crippen LogP contribution in [0.4, 0.5) is 8.78 Å². The molecule has 1 aromatic rings. The number of amides is 2. The number of benzene rings is 1.